The van der Waals surface area contributed by atoms with Gasteiger partial charge in [0.1, 0.15) is 0 Å². The van der Waals surface area contributed by atoms with E-state index < -0.39 is 11.9 Å². The van der Waals surface area contributed by atoms with Crippen LogP contribution < -0.4 is 0 Å². The molecule has 0 fully saturated rings. The van der Waals surface area contributed by atoms with Crippen LogP contribution in [0.25, 0.3) is 10.9 Å². The van der Waals surface area contributed by atoms with E-state index in [1.807, 2.05) is 31.2 Å². The average molecular weight is 309 g/mol. The van der Waals surface area contributed by atoms with Crippen molar-refractivity contribution in [1.82, 2.24) is 4.98 Å². The number of fused-ring (bicyclic) bond motifs is 1. The van der Waals surface area contributed by atoms with Crippen molar-refractivity contribution in [3.63, 3.8) is 0 Å². The number of carboxylic acids is 1. The van der Waals surface area contributed by atoms with Gasteiger partial charge in [0.15, 0.2) is 5.78 Å². The number of aliphatic carboxylic acids is 1. The molecule has 0 radical (unpaired) electrons. The van der Waals surface area contributed by atoms with Crippen molar-refractivity contribution in [2.75, 3.05) is 0 Å². The molecular formula is C19H19NO3. The maximum Gasteiger partial charge on any atom is 0.311 e. The first kappa shape index (κ1) is 16.5. The Kier molecular flexibility index (Phi) is 5.31. The van der Waals surface area contributed by atoms with Gasteiger partial charge in [0.25, 0.3) is 0 Å². The summed E-state index contributed by atoms with van der Waals surface area (Å²) in [5, 5.41) is 10.4. The molecule has 2 aromatic rings. The predicted molar refractivity (Wildman–Crippen MR) is 91.4 cm³/mol. The number of carbonyl (C=O) groups is 2. The summed E-state index contributed by atoms with van der Waals surface area (Å²) in [6, 6.07) is 7.45. The Morgan fingerprint density at radius 1 is 1.35 bits per heavy atom. The summed E-state index contributed by atoms with van der Waals surface area (Å²) in [6.07, 6.45) is 8.19. The summed E-state index contributed by atoms with van der Waals surface area (Å²) in [5.74, 6) is -2.15. The molecule has 2 N–H and O–H groups in total. The first-order chi connectivity index (χ1) is 11.1. The van der Waals surface area contributed by atoms with Gasteiger partial charge in [-0.05, 0) is 18.6 Å². The summed E-state index contributed by atoms with van der Waals surface area (Å²) in [7, 11) is 0. The molecule has 23 heavy (non-hydrogen) atoms. The van der Waals surface area contributed by atoms with E-state index in [4.69, 9.17) is 0 Å². The van der Waals surface area contributed by atoms with Gasteiger partial charge < -0.3 is 10.1 Å². The number of Topliss-reactive ketones (excluding diaryl/α,β-unsaturated/α-hetero) is 1. The number of aromatic nitrogens is 1. The van der Waals surface area contributed by atoms with Crippen LogP contribution in [0.1, 0.15) is 24.8 Å². The van der Waals surface area contributed by atoms with Gasteiger partial charge in [-0.3, -0.25) is 9.59 Å². The quantitative estimate of drug-likeness (QED) is 0.600. The van der Waals surface area contributed by atoms with Gasteiger partial charge in [-0.2, -0.15) is 0 Å². The van der Waals surface area contributed by atoms with E-state index in [1.165, 1.54) is 6.08 Å². The molecule has 0 aliphatic carbocycles. The highest BCUT2D eigenvalue weighted by Gasteiger charge is 2.26. The van der Waals surface area contributed by atoms with Crippen molar-refractivity contribution >= 4 is 22.7 Å². The molecule has 0 saturated carbocycles. The predicted octanol–water partition coefficient (Wildman–Crippen LogP) is 3.98. The SMILES string of the molecule is C=C/C(=C\C=C/C)C(=O)CC(C(=O)O)c1c[nH]c2ccccc12. The number of aromatic amines is 1. The van der Waals surface area contributed by atoms with Gasteiger partial charge in [0.2, 0.25) is 0 Å². The van der Waals surface area contributed by atoms with Crippen LogP contribution in [0.5, 0.6) is 0 Å². The molecule has 1 heterocycles. The van der Waals surface area contributed by atoms with E-state index in [2.05, 4.69) is 11.6 Å². The van der Waals surface area contributed by atoms with Crippen molar-refractivity contribution in [3.8, 4) is 0 Å². The number of para-hydroxylation sites is 1. The average Bonchev–Trinajstić information content (AvgIpc) is 2.96. The van der Waals surface area contributed by atoms with Crippen LogP contribution in [-0.4, -0.2) is 21.8 Å². The van der Waals surface area contributed by atoms with Gasteiger partial charge in [0.05, 0.1) is 5.92 Å². The lowest BCUT2D eigenvalue weighted by atomic mass is 9.91. The lowest BCUT2D eigenvalue weighted by Crippen LogP contribution is -2.16. The summed E-state index contributed by atoms with van der Waals surface area (Å²) in [5.41, 5.74) is 1.89. The molecule has 0 aliphatic rings. The molecular weight excluding hydrogens is 290 g/mol. The number of hydrogen-bond acceptors (Lipinski definition) is 2. The fourth-order valence-electron chi connectivity index (χ4n) is 2.49. The van der Waals surface area contributed by atoms with Crippen LogP contribution in [0.15, 0.2) is 66.9 Å². The topological polar surface area (TPSA) is 70.2 Å². The molecule has 4 heteroatoms. The zero-order valence-electron chi connectivity index (χ0n) is 13.0. The van der Waals surface area contributed by atoms with Gasteiger partial charge >= 0.3 is 5.97 Å². The Hall–Kier alpha value is -2.88. The summed E-state index contributed by atoms with van der Waals surface area (Å²) in [6.45, 7) is 5.46. The second-order valence-electron chi connectivity index (χ2n) is 5.16. The Morgan fingerprint density at radius 2 is 2.09 bits per heavy atom. The molecule has 4 nitrogen and oxygen atoms in total. The van der Waals surface area contributed by atoms with E-state index in [9.17, 15) is 14.7 Å². The van der Waals surface area contributed by atoms with Crippen molar-refractivity contribution in [2.24, 2.45) is 0 Å². The highest BCUT2D eigenvalue weighted by atomic mass is 16.4. The van der Waals surface area contributed by atoms with Gasteiger partial charge in [0, 0.05) is 29.1 Å². The molecule has 2 rings (SSSR count). The monoisotopic (exact) mass is 309 g/mol. The van der Waals surface area contributed by atoms with Crippen LogP contribution in [0.3, 0.4) is 0 Å². The van der Waals surface area contributed by atoms with Crippen molar-refractivity contribution in [1.29, 1.82) is 0 Å². The number of nitrogens with one attached hydrogen (secondary N) is 1. The first-order valence-corrected chi connectivity index (χ1v) is 7.36. The molecule has 1 aromatic carbocycles. The summed E-state index contributed by atoms with van der Waals surface area (Å²) < 4.78 is 0. The lowest BCUT2D eigenvalue weighted by Gasteiger charge is -2.11. The van der Waals surface area contributed by atoms with Gasteiger partial charge in [-0.15, -0.1) is 0 Å². The Balaban J connectivity index is 2.35. The van der Waals surface area contributed by atoms with Crippen molar-refractivity contribution < 1.29 is 14.7 Å². The first-order valence-electron chi connectivity index (χ1n) is 7.36. The molecule has 1 aromatic heterocycles. The number of ketones is 1. The third kappa shape index (κ3) is 3.66. The number of carbonyl (C=O) groups excluding carboxylic acids is 1. The zero-order chi connectivity index (χ0) is 16.8. The summed E-state index contributed by atoms with van der Waals surface area (Å²) in [4.78, 5) is 27.1. The zero-order valence-corrected chi connectivity index (χ0v) is 13.0. The van der Waals surface area contributed by atoms with Crippen LogP contribution in [-0.2, 0) is 9.59 Å². The van der Waals surface area contributed by atoms with Gasteiger partial charge in [-0.25, -0.2) is 0 Å². The van der Waals surface area contributed by atoms with E-state index in [1.54, 1.807) is 24.4 Å². The molecule has 118 valence electrons. The molecule has 1 unspecified atom stereocenters. The van der Waals surface area contributed by atoms with E-state index in [-0.39, 0.29) is 12.2 Å². The fourth-order valence-corrected chi connectivity index (χ4v) is 2.49. The maximum absolute atomic E-state index is 12.4. The number of benzene rings is 1. The number of rotatable bonds is 7. The van der Waals surface area contributed by atoms with Gasteiger partial charge in [-0.1, -0.05) is 49.1 Å². The van der Waals surface area contributed by atoms with E-state index >= 15 is 0 Å². The third-order valence-electron chi connectivity index (χ3n) is 3.69. The number of H-pyrrole nitrogens is 1. The third-order valence-corrected chi connectivity index (χ3v) is 3.69. The summed E-state index contributed by atoms with van der Waals surface area (Å²) >= 11 is 0. The van der Waals surface area contributed by atoms with Crippen LogP contribution in [0, 0.1) is 0 Å². The molecule has 0 aliphatic heterocycles. The molecule has 0 bridgehead atoms. The molecule has 1 atom stereocenters. The van der Waals surface area contributed by atoms with Crippen LogP contribution >= 0.6 is 0 Å². The largest absolute Gasteiger partial charge is 0.481 e. The Bertz CT molecular complexity index is 796. The minimum absolute atomic E-state index is 0.105. The second kappa shape index (κ2) is 7.40. The highest BCUT2D eigenvalue weighted by molar-refractivity contribution is 6.01. The smallest absolute Gasteiger partial charge is 0.311 e. The van der Waals surface area contributed by atoms with Crippen LogP contribution in [0.4, 0.5) is 0 Å². The standard InChI is InChI=1S/C19H19NO3/c1-3-5-8-13(4-2)18(21)11-15(19(22)23)16-12-20-17-10-7-6-9-14(16)17/h3-10,12,15,20H,2,11H2,1H3,(H,22,23)/b5-3-,13-8+. The number of carboxylic acid groups (broad SMARTS) is 1. The Labute approximate surface area is 134 Å². The normalized spacial score (nSPS) is 13.3. The number of hydrogen-bond donors (Lipinski definition) is 2. The maximum atomic E-state index is 12.4. The van der Waals surface area contributed by atoms with E-state index in [0.717, 1.165) is 10.9 Å². The molecule has 0 amide bonds. The minimum Gasteiger partial charge on any atom is -0.481 e. The van der Waals surface area contributed by atoms with E-state index in [0.29, 0.717) is 11.1 Å². The molecule has 0 saturated heterocycles. The number of allylic oxidation sites excluding steroid dienone is 5. The highest BCUT2D eigenvalue weighted by Crippen LogP contribution is 2.29. The van der Waals surface area contributed by atoms with Crippen LogP contribution in [0.2, 0.25) is 0 Å². The second-order valence-corrected chi connectivity index (χ2v) is 5.16. The van der Waals surface area contributed by atoms with Crippen molar-refractivity contribution in [2.45, 2.75) is 19.3 Å². The lowest BCUT2D eigenvalue weighted by molar-refractivity contribution is -0.140. The van der Waals surface area contributed by atoms with Crippen molar-refractivity contribution in [3.05, 3.63) is 72.5 Å². The molecule has 0 spiro atoms. The minimum atomic E-state index is -1.02. The Morgan fingerprint density at radius 3 is 2.74 bits per heavy atom. The fraction of sp³-hybridized carbons (Fsp3) is 0.158.